The molecule has 3 heteroatoms. The fourth-order valence-electron chi connectivity index (χ4n) is 3.01. The van der Waals surface area contributed by atoms with E-state index in [0.29, 0.717) is 12.1 Å². The van der Waals surface area contributed by atoms with Gasteiger partial charge in [0.25, 0.3) is 0 Å². The second-order valence-corrected chi connectivity index (χ2v) is 5.56. The third-order valence-electron chi connectivity index (χ3n) is 4.15. The number of hydrogen-bond acceptors (Lipinski definition) is 3. The van der Waals surface area contributed by atoms with Crippen LogP contribution in [0, 0.1) is 11.8 Å². The van der Waals surface area contributed by atoms with Crippen molar-refractivity contribution in [3.05, 3.63) is 0 Å². The maximum Gasteiger partial charge on any atom is 0.0756 e. The third-order valence-corrected chi connectivity index (χ3v) is 4.15. The van der Waals surface area contributed by atoms with Crippen LogP contribution in [0.4, 0.5) is 0 Å². The van der Waals surface area contributed by atoms with E-state index in [1.165, 1.54) is 32.1 Å². The summed E-state index contributed by atoms with van der Waals surface area (Å²) in [5.41, 5.74) is 0. The molecule has 0 radical (unpaired) electrons. The molecule has 2 saturated heterocycles. The summed E-state index contributed by atoms with van der Waals surface area (Å²) in [5.74, 6) is 1.59. The average Bonchev–Trinajstić information content (AvgIpc) is 3.07. The topological polar surface area (TPSA) is 30.5 Å². The van der Waals surface area contributed by atoms with Gasteiger partial charge in [-0.05, 0) is 43.9 Å². The highest BCUT2D eigenvalue weighted by Gasteiger charge is 2.40. The summed E-state index contributed by atoms with van der Waals surface area (Å²) in [7, 11) is 0. The monoisotopic (exact) mass is 225 g/mol. The number of rotatable bonds is 4. The molecule has 3 fully saturated rings. The van der Waals surface area contributed by atoms with Gasteiger partial charge >= 0.3 is 0 Å². The van der Waals surface area contributed by atoms with Crippen molar-refractivity contribution >= 4 is 0 Å². The Morgan fingerprint density at radius 2 is 2.00 bits per heavy atom. The van der Waals surface area contributed by atoms with Gasteiger partial charge in [-0.15, -0.1) is 0 Å². The van der Waals surface area contributed by atoms with E-state index >= 15 is 0 Å². The molecular formula is C13H23NO2. The molecule has 1 saturated carbocycles. The van der Waals surface area contributed by atoms with Crippen LogP contribution in [0.1, 0.15) is 32.1 Å². The fourth-order valence-corrected chi connectivity index (χ4v) is 3.01. The van der Waals surface area contributed by atoms with E-state index in [-0.39, 0.29) is 0 Å². The van der Waals surface area contributed by atoms with Gasteiger partial charge in [-0.25, -0.2) is 0 Å². The molecule has 3 rings (SSSR count). The Balaban J connectivity index is 1.42. The molecule has 0 aromatic carbocycles. The lowest BCUT2D eigenvalue weighted by molar-refractivity contribution is 0.0488. The molecule has 16 heavy (non-hydrogen) atoms. The third kappa shape index (κ3) is 2.58. The van der Waals surface area contributed by atoms with Gasteiger partial charge in [-0.2, -0.15) is 0 Å². The highest BCUT2D eigenvalue weighted by molar-refractivity contribution is 4.93. The summed E-state index contributed by atoms with van der Waals surface area (Å²) >= 11 is 0. The molecule has 3 unspecified atom stereocenters. The van der Waals surface area contributed by atoms with Gasteiger partial charge in [-0.3, -0.25) is 0 Å². The van der Waals surface area contributed by atoms with Gasteiger partial charge in [-0.1, -0.05) is 0 Å². The molecule has 3 atom stereocenters. The Kier molecular flexibility index (Phi) is 3.46. The van der Waals surface area contributed by atoms with Gasteiger partial charge in [0.2, 0.25) is 0 Å². The van der Waals surface area contributed by atoms with Gasteiger partial charge in [0.1, 0.15) is 0 Å². The minimum Gasteiger partial charge on any atom is -0.381 e. The second-order valence-electron chi connectivity index (χ2n) is 5.56. The summed E-state index contributed by atoms with van der Waals surface area (Å²) < 4.78 is 11.3. The molecule has 2 aliphatic heterocycles. The first kappa shape index (κ1) is 11.0. The molecule has 0 amide bonds. The van der Waals surface area contributed by atoms with E-state index in [4.69, 9.17) is 9.47 Å². The van der Waals surface area contributed by atoms with Crippen molar-refractivity contribution in [3.63, 3.8) is 0 Å². The first-order valence-electron chi connectivity index (χ1n) is 6.86. The van der Waals surface area contributed by atoms with E-state index in [0.717, 1.165) is 38.2 Å². The maximum atomic E-state index is 5.84. The molecular weight excluding hydrogens is 202 g/mol. The molecule has 92 valence electrons. The summed E-state index contributed by atoms with van der Waals surface area (Å²) in [4.78, 5) is 0. The second kappa shape index (κ2) is 5.03. The van der Waals surface area contributed by atoms with E-state index in [1.54, 1.807) is 0 Å². The van der Waals surface area contributed by atoms with Crippen molar-refractivity contribution in [2.45, 2.75) is 44.2 Å². The standard InChI is InChI=1S/C13H23NO2/c1-2-10(9-15-6-1)8-14-12-5-7-16-13(12)11-3-4-11/h10-14H,1-9H2. The summed E-state index contributed by atoms with van der Waals surface area (Å²) in [6.45, 7) is 4.00. The highest BCUT2D eigenvalue weighted by atomic mass is 16.5. The van der Waals surface area contributed by atoms with Crippen molar-refractivity contribution in [3.8, 4) is 0 Å². The van der Waals surface area contributed by atoms with Gasteiger partial charge in [0.15, 0.2) is 0 Å². The Labute approximate surface area is 97.9 Å². The lowest BCUT2D eigenvalue weighted by Gasteiger charge is -2.26. The SMILES string of the molecule is C1COCC(CNC2CCOC2C2CC2)C1. The summed E-state index contributed by atoms with van der Waals surface area (Å²) in [6.07, 6.45) is 7.05. The van der Waals surface area contributed by atoms with Crippen molar-refractivity contribution in [2.24, 2.45) is 11.8 Å². The zero-order valence-corrected chi connectivity index (χ0v) is 9.99. The highest BCUT2D eigenvalue weighted by Crippen LogP contribution is 2.38. The summed E-state index contributed by atoms with van der Waals surface area (Å²) in [5, 5.41) is 3.72. The van der Waals surface area contributed by atoms with Crippen LogP contribution in [0.3, 0.4) is 0 Å². The molecule has 0 bridgehead atoms. The molecule has 0 aromatic rings. The van der Waals surface area contributed by atoms with Crippen LogP contribution >= 0.6 is 0 Å². The van der Waals surface area contributed by atoms with Crippen molar-refractivity contribution < 1.29 is 9.47 Å². The van der Waals surface area contributed by atoms with Crippen LogP contribution in [0.5, 0.6) is 0 Å². The van der Waals surface area contributed by atoms with E-state index in [9.17, 15) is 0 Å². The predicted octanol–water partition coefficient (Wildman–Crippen LogP) is 1.57. The molecule has 3 nitrogen and oxygen atoms in total. The number of hydrogen-bond donors (Lipinski definition) is 1. The van der Waals surface area contributed by atoms with Gasteiger partial charge in [0, 0.05) is 25.8 Å². The molecule has 1 N–H and O–H groups in total. The molecule has 2 heterocycles. The molecule has 0 aromatic heterocycles. The number of ether oxygens (including phenoxy) is 2. The normalized spacial score (nSPS) is 40.1. The van der Waals surface area contributed by atoms with Crippen LogP contribution in [0.15, 0.2) is 0 Å². The van der Waals surface area contributed by atoms with Gasteiger partial charge < -0.3 is 14.8 Å². The lowest BCUT2D eigenvalue weighted by atomic mass is 10.0. The quantitative estimate of drug-likeness (QED) is 0.788. The van der Waals surface area contributed by atoms with Crippen LogP contribution < -0.4 is 5.32 Å². The van der Waals surface area contributed by atoms with Crippen LogP contribution in [0.2, 0.25) is 0 Å². The Hall–Kier alpha value is -0.120. The Bertz CT molecular complexity index is 224. The van der Waals surface area contributed by atoms with Crippen LogP contribution in [-0.2, 0) is 9.47 Å². The first-order valence-corrected chi connectivity index (χ1v) is 6.86. The van der Waals surface area contributed by atoms with Crippen molar-refractivity contribution in [1.82, 2.24) is 5.32 Å². The molecule has 3 aliphatic rings. The predicted molar refractivity (Wildman–Crippen MR) is 62.4 cm³/mol. The van der Waals surface area contributed by atoms with E-state index < -0.39 is 0 Å². The summed E-state index contributed by atoms with van der Waals surface area (Å²) in [6, 6.07) is 0.620. The minimum absolute atomic E-state index is 0.518. The zero-order chi connectivity index (χ0) is 10.8. The fraction of sp³-hybridized carbons (Fsp3) is 1.00. The lowest BCUT2D eigenvalue weighted by Crippen LogP contribution is -2.41. The molecule has 1 aliphatic carbocycles. The van der Waals surface area contributed by atoms with Crippen molar-refractivity contribution in [1.29, 1.82) is 0 Å². The first-order chi connectivity index (χ1) is 7.93. The van der Waals surface area contributed by atoms with E-state index in [1.807, 2.05) is 0 Å². The van der Waals surface area contributed by atoms with E-state index in [2.05, 4.69) is 5.32 Å². The smallest absolute Gasteiger partial charge is 0.0756 e. The van der Waals surface area contributed by atoms with Gasteiger partial charge in [0.05, 0.1) is 12.7 Å². The van der Waals surface area contributed by atoms with Crippen LogP contribution in [-0.4, -0.2) is 38.5 Å². The maximum absolute atomic E-state index is 5.84. The molecule has 0 spiro atoms. The average molecular weight is 225 g/mol. The van der Waals surface area contributed by atoms with Crippen LogP contribution in [0.25, 0.3) is 0 Å². The number of nitrogens with one attached hydrogen (secondary N) is 1. The van der Waals surface area contributed by atoms with Crippen molar-refractivity contribution in [2.75, 3.05) is 26.4 Å². The minimum atomic E-state index is 0.518. The Morgan fingerprint density at radius 3 is 2.75 bits per heavy atom. The largest absolute Gasteiger partial charge is 0.381 e. The Morgan fingerprint density at radius 1 is 1.06 bits per heavy atom. The zero-order valence-electron chi connectivity index (χ0n) is 9.99.